The molecule has 2 amide bonds. The third kappa shape index (κ3) is 6.47. The Labute approximate surface area is 180 Å². The molecular weight excluding hydrogens is 398 g/mol. The van der Waals surface area contributed by atoms with Crippen molar-refractivity contribution in [3.8, 4) is 0 Å². The van der Waals surface area contributed by atoms with Gasteiger partial charge in [0, 0.05) is 12.1 Å². The van der Waals surface area contributed by atoms with Crippen LogP contribution in [0.25, 0.3) is 0 Å². The van der Waals surface area contributed by atoms with Crippen LogP contribution in [0.2, 0.25) is 0 Å². The molecule has 1 saturated carbocycles. The lowest BCUT2D eigenvalue weighted by atomic mass is 10.1. The maximum Gasteiger partial charge on any atom is 0.257 e. The van der Waals surface area contributed by atoms with Crippen molar-refractivity contribution in [2.24, 2.45) is 5.73 Å². The Balaban J connectivity index is 0.000000391. The van der Waals surface area contributed by atoms with Gasteiger partial charge in [0.1, 0.15) is 11.6 Å². The number of nitrogens with zero attached hydrogens (tertiary/aromatic N) is 1. The van der Waals surface area contributed by atoms with Gasteiger partial charge in [0.05, 0.1) is 12.1 Å². The molecule has 0 bridgehead atoms. The summed E-state index contributed by atoms with van der Waals surface area (Å²) in [5, 5.41) is 0. The van der Waals surface area contributed by atoms with E-state index in [1.807, 2.05) is 36.4 Å². The van der Waals surface area contributed by atoms with E-state index in [1.54, 1.807) is 12.1 Å². The van der Waals surface area contributed by atoms with Crippen LogP contribution in [0, 0.1) is 11.6 Å². The highest BCUT2D eigenvalue weighted by atomic mass is 19.1. The number of hydrogen-bond donors (Lipinski definition) is 1. The maximum atomic E-state index is 14.2. The maximum absolute atomic E-state index is 14.2. The molecule has 4 rings (SSSR count). The number of nitrogens with two attached hydrogens (primary N) is 1. The van der Waals surface area contributed by atoms with Gasteiger partial charge in [-0.25, -0.2) is 8.78 Å². The smallest absolute Gasteiger partial charge is 0.257 e. The highest BCUT2D eigenvalue weighted by molar-refractivity contribution is 5.96. The zero-order valence-corrected chi connectivity index (χ0v) is 17.0. The molecule has 3 aromatic carbocycles. The molecule has 0 saturated heterocycles. The first-order chi connectivity index (χ1) is 15.0. The molecule has 3 aromatic rings. The van der Waals surface area contributed by atoms with Gasteiger partial charge in [-0.15, -0.1) is 0 Å². The molecule has 0 aromatic heterocycles. The highest BCUT2D eigenvalue weighted by Gasteiger charge is 2.26. The minimum Gasteiger partial charge on any atom is -0.368 e. The fourth-order valence-corrected chi connectivity index (χ4v) is 3.17. The van der Waals surface area contributed by atoms with Crippen LogP contribution in [0.1, 0.15) is 40.2 Å². The number of benzene rings is 3. The van der Waals surface area contributed by atoms with Gasteiger partial charge in [0.15, 0.2) is 0 Å². The van der Waals surface area contributed by atoms with Crippen LogP contribution in [0.5, 0.6) is 0 Å². The van der Waals surface area contributed by atoms with E-state index in [4.69, 9.17) is 5.73 Å². The van der Waals surface area contributed by atoms with Crippen molar-refractivity contribution in [3.05, 3.63) is 107 Å². The topological polar surface area (TPSA) is 63.4 Å². The van der Waals surface area contributed by atoms with E-state index < -0.39 is 30.0 Å². The SMILES string of the molecule is NC(=O)CN(Cc1cc(C2CC2)ccc1F)C(=O)c1ccccc1F.c1ccccc1. The molecule has 2 N–H and O–H groups in total. The minimum absolute atomic E-state index is 0.150. The van der Waals surface area contributed by atoms with Crippen molar-refractivity contribution in [1.82, 2.24) is 4.90 Å². The molecule has 0 radical (unpaired) electrons. The lowest BCUT2D eigenvalue weighted by Gasteiger charge is -2.22. The number of rotatable bonds is 6. The van der Waals surface area contributed by atoms with E-state index in [9.17, 15) is 18.4 Å². The molecule has 31 heavy (non-hydrogen) atoms. The van der Waals surface area contributed by atoms with Crippen LogP contribution in [0.15, 0.2) is 78.9 Å². The molecule has 0 spiro atoms. The van der Waals surface area contributed by atoms with E-state index in [-0.39, 0.29) is 17.7 Å². The Kier molecular flexibility index (Phi) is 7.49. The van der Waals surface area contributed by atoms with Gasteiger partial charge < -0.3 is 10.6 Å². The van der Waals surface area contributed by atoms with Gasteiger partial charge in [-0.05, 0) is 42.5 Å². The van der Waals surface area contributed by atoms with Crippen molar-refractivity contribution < 1.29 is 18.4 Å². The van der Waals surface area contributed by atoms with E-state index in [0.717, 1.165) is 29.4 Å². The number of carbonyl (C=O) groups excluding carboxylic acids is 2. The Morgan fingerprint density at radius 1 is 0.871 bits per heavy atom. The van der Waals surface area contributed by atoms with E-state index in [1.165, 1.54) is 24.3 Å². The summed E-state index contributed by atoms with van der Waals surface area (Å²) >= 11 is 0. The van der Waals surface area contributed by atoms with E-state index in [0.29, 0.717) is 5.92 Å². The van der Waals surface area contributed by atoms with Crippen LogP contribution in [-0.4, -0.2) is 23.3 Å². The summed E-state index contributed by atoms with van der Waals surface area (Å²) in [5.41, 5.74) is 6.32. The number of amides is 2. The van der Waals surface area contributed by atoms with Crippen molar-refractivity contribution in [1.29, 1.82) is 0 Å². The fraction of sp³-hybridized carbons (Fsp3) is 0.200. The summed E-state index contributed by atoms with van der Waals surface area (Å²) in [7, 11) is 0. The van der Waals surface area contributed by atoms with Crippen molar-refractivity contribution in [2.45, 2.75) is 25.3 Å². The van der Waals surface area contributed by atoms with Gasteiger partial charge in [-0.1, -0.05) is 60.7 Å². The first-order valence-corrected chi connectivity index (χ1v) is 10.1. The summed E-state index contributed by atoms with van der Waals surface area (Å²) in [4.78, 5) is 25.0. The standard InChI is InChI=1S/C19H18F2N2O2.C6H6/c20-16-8-7-13(12-5-6-12)9-14(16)10-23(11-18(22)24)19(25)15-3-1-2-4-17(15)21;1-2-4-6-5-3-1/h1-4,7-9,12H,5-6,10-11H2,(H2,22,24);1-6H. The molecular formula is C25H24F2N2O2. The minimum atomic E-state index is -0.747. The van der Waals surface area contributed by atoms with Gasteiger partial charge >= 0.3 is 0 Å². The summed E-state index contributed by atoms with van der Waals surface area (Å²) in [6.07, 6.45) is 2.12. The van der Waals surface area contributed by atoms with Crippen LogP contribution in [0.3, 0.4) is 0 Å². The van der Waals surface area contributed by atoms with E-state index >= 15 is 0 Å². The molecule has 0 heterocycles. The van der Waals surface area contributed by atoms with Gasteiger partial charge in [-0.3, -0.25) is 9.59 Å². The summed E-state index contributed by atoms with van der Waals surface area (Å²) in [6.45, 7) is -0.567. The summed E-state index contributed by atoms with van der Waals surface area (Å²) in [6, 6.07) is 22.3. The number of halogens is 2. The first kappa shape index (κ1) is 22.2. The predicted octanol–water partition coefficient (Wildman–Crippen LogP) is 4.66. The lowest BCUT2D eigenvalue weighted by molar-refractivity contribution is -0.118. The molecule has 0 unspecified atom stereocenters. The quantitative estimate of drug-likeness (QED) is 0.628. The summed E-state index contributed by atoms with van der Waals surface area (Å²) in [5.74, 6) is -2.20. The highest BCUT2D eigenvalue weighted by Crippen LogP contribution is 2.40. The molecule has 1 aliphatic rings. The van der Waals surface area contributed by atoms with Crippen LogP contribution in [0.4, 0.5) is 8.78 Å². The molecule has 0 atom stereocenters. The van der Waals surface area contributed by atoms with Crippen molar-refractivity contribution in [2.75, 3.05) is 6.54 Å². The second-order valence-electron chi connectivity index (χ2n) is 7.39. The van der Waals surface area contributed by atoms with Crippen molar-refractivity contribution in [3.63, 3.8) is 0 Å². The number of hydrogen-bond acceptors (Lipinski definition) is 2. The fourth-order valence-electron chi connectivity index (χ4n) is 3.17. The average molecular weight is 422 g/mol. The number of primary amides is 1. The molecule has 4 nitrogen and oxygen atoms in total. The van der Waals surface area contributed by atoms with Crippen molar-refractivity contribution >= 4 is 11.8 Å². The zero-order valence-electron chi connectivity index (χ0n) is 17.0. The predicted molar refractivity (Wildman–Crippen MR) is 115 cm³/mol. The van der Waals surface area contributed by atoms with Gasteiger partial charge in [0.25, 0.3) is 5.91 Å². The summed E-state index contributed by atoms with van der Waals surface area (Å²) < 4.78 is 28.1. The second kappa shape index (κ2) is 10.5. The van der Waals surface area contributed by atoms with Gasteiger partial charge in [0.2, 0.25) is 5.91 Å². The van der Waals surface area contributed by atoms with Crippen LogP contribution < -0.4 is 5.73 Å². The molecule has 160 valence electrons. The largest absolute Gasteiger partial charge is 0.368 e. The number of carbonyl (C=O) groups is 2. The third-order valence-corrected chi connectivity index (χ3v) is 4.88. The first-order valence-electron chi connectivity index (χ1n) is 10.1. The lowest BCUT2D eigenvalue weighted by Crippen LogP contribution is -2.38. The molecule has 0 aliphatic heterocycles. The van der Waals surface area contributed by atoms with Crippen LogP contribution >= 0.6 is 0 Å². The molecule has 6 heteroatoms. The Morgan fingerprint density at radius 3 is 2.03 bits per heavy atom. The Morgan fingerprint density at radius 2 is 1.48 bits per heavy atom. The zero-order chi connectivity index (χ0) is 22.2. The Bertz CT molecular complexity index is 1010. The third-order valence-electron chi connectivity index (χ3n) is 4.88. The molecule has 1 fully saturated rings. The van der Waals surface area contributed by atoms with Gasteiger partial charge in [-0.2, -0.15) is 0 Å². The average Bonchev–Trinajstić information content (AvgIpc) is 3.61. The molecule has 1 aliphatic carbocycles. The van der Waals surface area contributed by atoms with Crippen LogP contribution in [-0.2, 0) is 11.3 Å². The normalized spacial score (nSPS) is 12.5. The second-order valence-corrected chi connectivity index (χ2v) is 7.39. The monoisotopic (exact) mass is 422 g/mol. The Hall–Kier alpha value is -3.54. The van der Waals surface area contributed by atoms with E-state index in [2.05, 4.69) is 0 Å².